The number of carbonyl (C=O) groups is 1. The number of nitro benzene ring substituents is 1. The molecule has 1 aliphatic rings. The summed E-state index contributed by atoms with van der Waals surface area (Å²) < 4.78 is 52.8. The Hall–Kier alpha value is -2.88. The quantitative estimate of drug-likeness (QED) is 0.402. The molecule has 0 aromatic heterocycles. The summed E-state index contributed by atoms with van der Waals surface area (Å²) in [4.78, 5) is 24.3. The van der Waals surface area contributed by atoms with Gasteiger partial charge in [0.2, 0.25) is 0 Å². The first-order chi connectivity index (χ1) is 14.1. The Morgan fingerprint density at radius 3 is 2.40 bits per heavy atom. The number of alkyl halides is 3. The van der Waals surface area contributed by atoms with E-state index in [1.807, 2.05) is 0 Å². The number of anilines is 1. The van der Waals surface area contributed by atoms with E-state index in [-0.39, 0.29) is 30.4 Å². The zero-order valence-corrected chi connectivity index (χ0v) is 16.1. The van der Waals surface area contributed by atoms with Gasteiger partial charge in [-0.05, 0) is 31.0 Å². The summed E-state index contributed by atoms with van der Waals surface area (Å²) in [5.74, 6) is -1.09. The maximum atomic E-state index is 13.8. The van der Waals surface area contributed by atoms with E-state index in [0.717, 1.165) is 6.07 Å². The second-order valence-electron chi connectivity index (χ2n) is 6.79. The Labute approximate surface area is 173 Å². The van der Waals surface area contributed by atoms with Crippen molar-refractivity contribution in [2.24, 2.45) is 0 Å². The Bertz CT molecular complexity index is 976. The third-order valence-corrected chi connectivity index (χ3v) is 5.15. The number of hydrogen-bond donors (Lipinski definition) is 1. The molecule has 30 heavy (non-hydrogen) atoms. The van der Waals surface area contributed by atoms with E-state index in [0.29, 0.717) is 18.9 Å². The van der Waals surface area contributed by atoms with Gasteiger partial charge in [-0.25, -0.2) is 4.39 Å². The molecule has 1 saturated heterocycles. The molecular weight excluding hydrogens is 430 g/mol. The van der Waals surface area contributed by atoms with E-state index in [4.69, 9.17) is 11.6 Å². The topological polar surface area (TPSA) is 75.5 Å². The van der Waals surface area contributed by atoms with Crippen LogP contribution in [0, 0.1) is 15.9 Å². The van der Waals surface area contributed by atoms with Crippen molar-refractivity contribution >= 4 is 28.9 Å². The number of nitro groups is 1. The highest BCUT2D eigenvalue weighted by atomic mass is 35.5. The van der Waals surface area contributed by atoms with Crippen LogP contribution in [0.1, 0.15) is 28.8 Å². The minimum atomic E-state index is -4.82. The van der Waals surface area contributed by atoms with Gasteiger partial charge in [-0.15, -0.1) is 0 Å². The van der Waals surface area contributed by atoms with E-state index in [1.165, 1.54) is 23.1 Å². The number of piperidine rings is 1. The Morgan fingerprint density at radius 1 is 1.20 bits per heavy atom. The molecule has 6 nitrogen and oxygen atoms in total. The van der Waals surface area contributed by atoms with Crippen LogP contribution in [0.3, 0.4) is 0 Å². The summed E-state index contributed by atoms with van der Waals surface area (Å²) in [6.45, 7) is 0.514. The molecule has 160 valence electrons. The average Bonchev–Trinajstić information content (AvgIpc) is 2.67. The van der Waals surface area contributed by atoms with Crippen LogP contribution in [-0.4, -0.2) is 34.9 Å². The lowest BCUT2D eigenvalue weighted by Gasteiger charge is -2.33. The second-order valence-corrected chi connectivity index (χ2v) is 7.20. The Morgan fingerprint density at radius 2 is 1.83 bits per heavy atom. The Kier molecular flexibility index (Phi) is 6.16. The molecule has 2 aromatic rings. The fourth-order valence-corrected chi connectivity index (χ4v) is 3.57. The van der Waals surface area contributed by atoms with Gasteiger partial charge in [0.15, 0.2) is 0 Å². The lowest BCUT2D eigenvalue weighted by molar-refractivity contribution is -0.384. The fourth-order valence-electron chi connectivity index (χ4n) is 3.30. The monoisotopic (exact) mass is 445 g/mol. The van der Waals surface area contributed by atoms with Gasteiger partial charge < -0.3 is 10.2 Å². The predicted octanol–water partition coefficient (Wildman–Crippen LogP) is 5.12. The van der Waals surface area contributed by atoms with Gasteiger partial charge in [0.25, 0.3) is 11.6 Å². The van der Waals surface area contributed by atoms with E-state index in [1.54, 1.807) is 6.07 Å². The van der Waals surface area contributed by atoms with Gasteiger partial charge in [-0.3, -0.25) is 14.9 Å². The molecule has 1 N–H and O–H groups in total. The minimum absolute atomic E-state index is 0.0472. The standard InChI is InChI=1S/C19H16ClF4N3O3/c20-14-10-16(17(27(29)30)9-13(14)19(22,23)24)25-11-5-7-26(8-6-11)18(28)12-3-1-2-4-15(12)21/h1-4,9-11,25H,5-8H2. The van der Waals surface area contributed by atoms with Crippen molar-refractivity contribution < 1.29 is 27.3 Å². The van der Waals surface area contributed by atoms with Crippen molar-refractivity contribution in [2.45, 2.75) is 25.1 Å². The molecule has 3 rings (SSSR count). The molecule has 1 heterocycles. The van der Waals surface area contributed by atoms with Crippen molar-refractivity contribution in [3.05, 3.63) is 68.5 Å². The van der Waals surface area contributed by atoms with Gasteiger partial charge >= 0.3 is 6.18 Å². The molecule has 11 heteroatoms. The van der Waals surface area contributed by atoms with Crippen molar-refractivity contribution in [1.29, 1.82) is 0 Å². The molecule has 1 aliphatic heterocycles. The molecule has 1 amide bonds. The molecule has 0 bridgehead atoms. The summed E-state index contributed by atoms with van der Waals surface area (Å²) in [7, 11) is 0. The largest absolute Gasteiger partial charge is 0.418 e. The van der Waals surface area contributed by atoms with E-state index in [2.05, 4.69) is 5.32 Å². The van der Waals surface area contributed by atoms with E-state index >= 15 is 0 Å². The molecule has 1 fully saturated rings. The molecule has 0 aliphatic carbocycles. The van der Waals surface area contributed by atoms with Crippen LogP contribution in [0.15, 0.2) is 36.4 Å². The van der Waals surface area contributed by atoms with Crippen LogP contribution < -0.4 is 5.32 Å². The maximum Gasteiger partial charge on any atom is 0.418 e. The third kappa shape index (κ3) is 4.64. The highest BCUT2D eigenvalue weighted by molar-refractivity contribution is 6.31. The van der Waals surface area contributed by atoms with Crippen LogP contribution in [0.2, 0.25) is 5.02 Å². The average molecular weight is 446 g/mol. The number of hydrogen-bond acceptors (Lipinski definition) is 4. The highest BCUT2D eigenvalue weighted by Crippen LogP contribution is 2.40. The summed E-state index contributed by atoms with van der Waals surface area (Å²) in [5, 5.41) is 13.5. The van der Waals surface area contributed by atoms with Crippen LogP contribution in [-0.2, 0) is 6.18 Å². The first-order valence-corrected chi connectivity index (χ1v) is 9.31. The number of nitrogens with one attached hydrogen (secondary N) is 1. The van der Waals surface area contributed by atoms with Crippen LogP contribution in [0.5, 0.6) is 0 Å². The van der Waals surface area contributed by atoms with Crippen LogP contribution in [0.4, 0.5) is 28.9 Å². The van der Waals surface area contributed by atoms with Crippen LogP contribution in [0.25, 0.3) is 0 Å². The van der Waals surface area contributed by atoms with Gasteiger partial charge in [0.05, 0.1) is 21.1 Å². The molecule has 0 radical (unpaired) electrons. The highest BCUT2D eigenvalue weighted by Gasteiger charge is 2.36. The SMILES string of the molecule is O=C(c1ccccc1F)N1CCC(Nc2cc(Cl)c(C(F)(F)F)cc2[N+](=O)[O-])CC1. The van der Waals surface area contributed by atoms with Crippen molar-refractivity contribution in [3.63, 3.8) is 0 Å². The van der Waals surface area contributed by atoms with Gasteiger partial charge in [-0.2, -0.15) is 13.2 Å². The summed E-state index contributed by atoms with van der Waals surface area (Å²) >= 11 is 5.68. The maximum absolute atomic E-state index is 13.8. The van der Waals surface area contributed by atoms with Crippen molar-refractivity contribution in [1.82, 2.24) is 4.90 Å². The number of amides is 1. The zero-order chi connectivity index (χ0) is 22.1. The Balaban J connectivity index is 1.72. The second kappa shape index (κ2) is 8.47. The molecule has 2 aromatic carbocycles. The number of carbonyl (C=O) groups excluding carboxylic acids is 1. The summed E-state index contributed by atoms with van der Waals surface area (Å²) in [6.07, 6.45) is -4.08. The van der Waals surface area contributed by atoms with Gasteiger partial charge in [-0.1, -0.05) is 23.7 Å². The normalized spacial score (nSPS) is 15.2. The molecular formula is C19H16ClF4N3O3. The number of nitrogens with zero attached hydrogens (tertiary/aromatic N) is 2. The molecule has 0 atom stereocenters. The summed E-state index contributed by atoms with van der Waals surface area (Å²) in [6, 6.07) is 6.56. The minimum Gasteiger partial charge on any atom is -0.377 e. The predicted molar refractivity (Wildman–Crippen MR) is 102 cm³/mol. The summed E-state index contributed by atoms with van der Waals surface area (Å²) in [5.41, 5.74) is -2.20. The molecule has 0 saturated carbocycles. The number of rotatable bonds is 4. The van der Waals surface area contributed by atoms with Gasteiger partial charge in [0, 0.05) is 25.2 Å². The zero-order valence-electron chi connectivity index (χ0n) is 15.4. The smallest absolute Gasteiger partial charge is 0.377 e. The first-order valence-electron chi connectivity index (χ1n) is 8.93. The van der Waals surface area contributed by atoms with Crippen molar-refractivity contribution in [2.75, 3.05) is 18.4 Å². The fraction of sp³-hybridized carbons (Fsp3) is 0.316. The molecule has 0 unspecified atom stereocenters. The number of benzene rings is 2. The molecule has 0 spiro atoms. The van der Waals surface area contributed by atoms with E-state index < -0.39 is 39.1 Å². The lowest BCUT2D eigenvalue weighted by atomic mass is 10.0. The number of halogens is 5. The van der Waals surface area contributed by atoms with Gasteiger partial charge in [0.1, 0.15) is 11.5 Å². The first kappa shape index (κ1) is 21.8. The number of likely N-dealkylation sites (tertiary alicyclic amines) is 1. The van der Waals surface area contributed by atoms with Crippen molar-refractivity contribution in [3.8, 4) is 0 Å². The van der Waals surface area contributed by atoms with E-state index in [9.17, 15) is 32.5 Å². The van der Waals surface area contributed by atoms with Crippen LogP contribution >= 0.6 is 11.6 Å². The lowest BCUT2D eigenvalue weighted by Crippen LogP contribution is -2.42. The third-order valence-electron chi connectivity index (χ3n) is 4.83.